The maximum absolute atomic E-state index is 13.0. The molecule has 142 valence electrons. The van der Waals surface area contributed by atoms with Crippen LogP contribution in [0.25, 0.3) is 0 Å². The molecule has 1 atom stereocenters. The van der Waals surface area contributed by atoms with Crippen molar-refractivity contribution in [2.75, 3.05) is 0 Å². The molecule has 3 aliphatic carbocycles. The maximum atomic E-state index is 13.0. The zero-order valence-electron chi connectivity index (χ0n) is 16.7. The molecule has 0 radical (unpaired) electrons. The van der Waals surface area contributed by atoms with Crippen LogP contribution in [-0.4, -0.2) is 5.78 Å². The Morgan fingerprint density at radius 1 is 1.11 bits per heavy atom. The minimum absolute atomic E-state index is 0.301. The van der Waals surface area contributed by atoms with Gasteiger partial charge in [0, 0.05) is 12.8 Å². The van der Waals surface area contributed by atoms with Crippen molar-refractivity contribution in [2.45, 2.75) is 64.7 Å². The lowest BCUT2D eigenvalue weighted by Crippen LogP contribution is -2.15. The SMILES string of the molecule is C=C(CCC)C1=CC=CCC1CC(=O)CC1=C(C2=CC=CCC2)CCC=C1. The van der Waals surface area contributed by atoms with E-state index < -0.39 is 0 Å². The molecular formula is C26H32O. The molecule has 0 aromatic carbocycles. The minimum Gasteiger partial charge on any atom is -0.299 e. The number of rotatable bonds is 8. The van der Waals surface area contributed by atoms with Gasteiger partial charge in [-0.3, -0.25) is 4.79 Å². The fourth-order valence-electron chi connectivity index (χ4n) is 4.38. The maximum Gasteiger partial charge on any atom is 0.137 e. The summed E-state index contributed by atoms with van der Waals surface area (Å²) >= 11 is 0. The van der Waals surface area contributed by atoms with Gasteiger partial charge in [-0.1, -0.05) is 74.1 Å². The number of carbonyl (C=O) groups excluding carboxylic acids is 1. The van der Waals surface area contributed by atoms with Crippen molar-refractivity contribution in [3.8, 4) is 0 Å². The first kappa shape index (κ1) is 19.6. The first-order chi connectivity index (χ1) is 13.2. The molecule has 0 spiro atoms. The highest BCUT2D eigenvalue weighted by atomic mass is 16.1. The van der Waals surface area contributed by atoms with Crippen LogP contribution in [0.3, 0.4) is 0 Å². The first-order valence-electron chi connectivity index (χ1n) is 10.5. The molecule has 0 heterocycles. The topological polar surface area (TPSA) is 17.1 Å². The third-order valence-corrected chi connectivity index (χ3v) is 5.76. The van der Waals surface area contributed by atoms with E-state index >= 15 is 0 Å². The van der Waals surface area contributed by atoms with Gasteiger partial charge >= 0.3 is 0 Å². The molecule has 0 fully saturated rings. The lowest BCUT2D eigenvalue weighted by Gasteiger charge is -2.24. The molecule has 3 aliphatic rings. The third kappa shape index (κ3) is 5.19. The fourth-order valence-corrected chi connectivity index (χ4v) is 4.38. The molecule has 3 rings (SSSR count). The highest BCUT2D eigenvalue weighted by Crippen LogP contribution is 2.34. The number of ketones is 1. The van der Waals surface area contributed by atoms with Crippen LogP contribution >= 0.6 is 0 Å². The van der Waals surface area contributed by atoms with Crippen LogP contribution in [0.15, 0.2) is 83.1 Å². The van der Waals surface area contributed by atoms with E-state index in [2.05, 4.69) is 62.1 Å². The Hall–Kier alpha value is -2.15. The van der Waals surface area contributed by atoms with Gasteiger partial charge in [-0.15, -0.1) is 0 Å². The van der Waals surface area contributed by atoms with Crippen molar-refractivity contribution in [3.05, 3.63) is 83.1 Å². The highest BCUT2D eigenvalue weighted by molar-refractivity contribution is 5.83. The van der Waals surface area contributed by atoms with Crippen LogP contribution in [0.5, 0.6) is 0 Å². The first-order valence-corrected chi connectivity index (χ1v) is 10.5. The van der Waals surface area contributed by atoms with Crippen LogP contribution in [-0.2, 0) is 4.79 Å². The summed E-state index contributed by atoms with van der Waals surface area (Å²) in [6.07, 6.45) is 26.2. The van der Waals surface area contributed by atoms with E-state index in [-0.39, 0.29) is 0 Å². The van der Waals surface area contributed by atoms with Crippen LogP contribution in [0.2, 0.25) is 0 Å². The molecule has 0 N–H and O–H groups in total. The molecule has 0 aliphatic heterocycles. The summed E-state index contributed by atoms with van der Waals surface area (Å²) in [7, 11) is 0. The van der Waals surface area contributed by atoms with Crippen LogP contribution in [0.1, 0.15) is 64.7 Å². The lowest BCUT2D eigenvalue weighted by atomic mass is 9.80. The van der Waals surface area contributed by atoms with Crippen molar-refractivity contribution in [3.63, 3.8) is 0 Å². The number of hydrogen-bond donors (Lipinski definition) is 0. The molecule has 1 unspecified atom stereocenters. The molecular weight excluding hydrogens is 328 g/mol. The van der Waals surface area contributed by atoms with Crippen molar-refractivity contribution in [1.82, 2.24) is 0 Å². The predicted molar refractivity (Wildman–Crippen MR) is 115 cm³/mol. The molecule has 0 aromatic heterocycles. The molecule has 0 bridgehead atoms. The smallest absolute Gasteiger partial charge is 0.137 e. The van der Waals surface area contributed by atoms with E-state index in [1.165, 1.54) is 27.9 Å². The van der Waals surface area contributed by atoms with Gasteiger partial charge in [-0.25, -0.2) is 0 Å². The number of Topliss-reactive ketones (excluding diaryl/α,β-unsaturated/α-hetero) is 1. The molecule has 0 saturated heterocycles. The van der Waals surface area contributed by atoms with Gasteiger partial charge < -0.3 is 0 Å². The molecule has 1 heteroatoms. The van der Waals surface area contributed by atoms with E-state index in [0.29, 0.717) is 24.5 Å². The van der Waals surface area contributed by atoms with E-state index in [4.69, 9.17) is 0 Å². The molecule has 0 aromatic rings. The second-order valence-electron chi connectivity index (χ2n) is 7.86. The summed E-state index contributed by atoms with van der Waals surface area (Å²) in [5.74, 6) is 0.659. The monoisotopic (exact) mass is 360 g/mol. The van der Waals surface area contributed by atoms with E-state index in [9.17, 15) is 4.79 Å². The van der Waals surface area contributed by atoms with Gasteiger partial charge in [0.1, 0.15) is 5.78 Å². The average Bonchev–Trinajstić information content (AvgIpc) is 2.69. The molecule has 1 nitrogen and oxygen atoms in total. The summed E-state index contributed by atoms with van der Waals surface area (Å²) in [6.45, 7) is 6.45. The Morgan fingerprint density at radius 2 is 1.93 bits per heavy atom. The van der Waals surface area contributed by atoms with Crippen molar-refractivity contribution in [2.24, 2.45) is 5.92 Å². The summed E-state index contributed by atoms with van der Waals surface area (Å²) < 4.78 is 0. The van der Waals surface area contributed by atoms with E-state index in [0.717, 1.165) is 44.9 Å². The van der Waals surface area contributed by atoms with Gasteiger partial charge in [0.15, 0.2) is 0 Å². The van der Waals surface area contributed by atoms with Crippen LogP contribution < -0.4 is 0 Å². The second-order valence-corrected chi connectivity index (χ2v) is 7.86. The average molecular weight is 361 g/mol. The Balaban J connectivity index is 1.69. The zero-order chi connectivity index (χ0) is 19.1. The van der Waals surface area contributed by atoms with E-state index in [1.807, 2.05) is 0 Å². The van der Waals surface area contributed by atoms with Gasteiger partial charge in [0.05, 0.1) is 0 Å². The Labute approximate surface area is 164 Å². The molecule has 27 heavy (non-hydrogen) atoms. The minimum atomic E-state index is 0.301. The molecule has 0 saturated carbocycles. The number of hydrogen-bond acceptors (Lipinski definition) is 1. The molecule has 0 amide bonds. The summed E-state index contributed by atoms with van der Waals surface area (Å²) in [5, 5.41) is 0. The van der Waals surface area contributed by atoms with Gasteiger partial charge in [-0.2, -0.15) is 0 Å². The Kier molecular flexibility index (Phi) is 7.04. The fraction of sp³-hybridized carbons (Fsp3) is 0.423. The summed E-state index contributed by atoms with van der Waals surface area (Å²) in [4.78, 5) is 13.0. The Bertz CT molecular complexity index is 764. The van der Waals surface area contributed by atoms with Crippen molar-refractivity contribution >= 4 is 5.78 Å². The van der Waals surface area contributed by atoms with Crippen LogP contribution in [0, 0.1) is 5.92 Å². The highest BCUT2D eigenvalue weighted by Gasteiger charge is 2.22. The summed E-state index contributed by atoms with van der Waals surface area (Å²) in [5.41, 5.74) is 6.60. The second kappa shape index (κ2) is 9.69. The number of carbonyl (C=O) groups is 1. The summed E-state index contributed by atoms with van der Waals surface area (Å²) in [6, 6.07) is 0. The third-order valence-electron chi connectivity index (χ3n) is 5.76. The van der Waals surface area contributed by atoms with Gasteiger partial charge in [0.2, 0.25) is 0 Å². The van der Waals surface area contributed by atoms with E-state index in [1.54, 1.807) is 0 Å². The van der Waals surface area contributed by atoms with Crippen molar-refractivity contribution in [1.29, 1.82) is 0 Å². The normalized spacial score (nSPS) is 21.9. The largest absolute Gasteiger partial charge is 0.299 e. The van der Waals surface area contributed by atoms with Gasteiger partial charge in [0.25, 0.3) is 0 Å². The Morgan fingerprint density at radius 3 is 2.70 bits per heavy atom. The van der Waals surface area contributed by atoms with Gasteiger partial charge in [-0.05, 0) is 66.7 Å². The number of allylic oxidation sites excluding steroid dienone is 13. The van der Waals surface area contributed by atoms with Crippen molar-refractivity contribution < 1.29 is 4.79 Å². The zero-order valence-corrected chi connectivity index (χ0v) is 16.7. The van der Waals surface area contributed by atoms with Crippen LogP contribution in [0.4, 0.5) is 0 Å². The standard InChI is InChI=1S/C26H32O/c1-3-11-20(2)25-16-9-7-14-22(25)18-24(27)19-23-15-8-10-17-26(23)21-12-5-4-6-13-21/h4-5,7-9,12,15-16,22H,2-3,6,10-11,13-14,17-19H2,1H3. The lowest BCUT2D eigenvalue weighted by molar-refractivity contribution is -0.119. The quantitative estimate of drug-likeness (QED) is 0.450. The predicted octanol–water partition coefficient (Wildman–Crippen LogP) is 7.12.